The number of unbranched alkanes of at least 4 members (excludes halogenated alkanes) is 8. The summed E-state index contributed by atoms with van der Waals surface area (Å²) >= 11 is 0. The molecule has 4 aliphatic carbocycles. The van der Waals surface area contributed by atoms with Crippen LogP contribution < -0.4 is 0 Å². The van der Waals surface area contributed by atoms with E-state index in [0.717, 1.165) is 67.6 Å². The maximum Gasteiger partial charge on any atom is 0.306 e. The molecule has 0 heterocycles. The van der Waals surface area contributed by atoms with Crippen molar-refractivity contribution in [2.75, 3.05) is 0 Å². The van der Waals surface area contributed by atoms with E-state index in [0.29, 0.717) is 17.3 Å². The van der Waals surface area contributed by atoms with Crippen LogP contribution in [0.1, 0.15) is 189 Å². The van der Waals surface area contributed by atoms with E-state index in [1.807, 2.05) is 0 Å². The standard InChI is InChI=1S/C45H76O2/c1-7-8-9-10-11-12-13-14-15-16-17-18-19-20-21-25-43(46)47-38-30-32-44(5)37(34-38)26-27-39-41-29-28-40(36(4)24-22-23-35(2)3)45(41,6)33-31-42(39)44/h11-12,14-15,26,35-36,38-42H,7-10,13,16-25,27-34H2,1-6H3/b12-11-,15-14-/t36-,38+,39+,40-,41+,42+,44+,45-/m1/s1/i38+1,43+1. The molecular formula is C45H76O2. The van der Waals surface area contributed by atoms with Crippen LogP contribution in [0, 0.1) is 46.3 Å². The van der Waals surface area contributed by atoms with Crippen LogP contribution in [0.2, 0.25) is 0 Å². The van der Waals surface area contributed by atoms with Gasteiger partial charge in [0.2, 0.25) is 0 Å². The van der Waals surface area contributed by atoms with Crippen molar-refractivity contribution in [1.82, 2.24) is 0 Å². The summed E-state index contributed by atoms with van der Waals surface area (Å²) in [6.45, 7) is 14.9. The highest BCUT2D eigenvalue weighted by molar-refractivity contribution is 5.69. The van der Waals surface area contributed by atoms with Crippen molar-refractivity contribution in [3.8, 4) is 0 Å². The summed E-state index contributed by atoms with van der Waals surface area (Å²) in [5, 5.41) is 0. The lowest BCUT2D eigenvalue weighted by atomic mass is 9.47. The van der Waals surface area contributed by atoms with Crippen LogP contribution in [0.15, 0.2) is 36.0 Å². The lowest BCUT2D eigenvalue weighted by Crippen LogP contribution is -2.51. The van der Waals surface area contributed by atoms with E-state index in [4.69, 9.17) is 4.74 Å². The van der Waals surface area contributed by atoms with E-state index in [-0.39, 0.29) is 12.1 Å². The second-order valence-corrected chi connectivity index (χ2v) is 17.6. The molecule has 0 saturated heterocycles. The first-order valence-corrected chi connectivity index (χ1v) is 20.9. The molecule has 268 valence electrons. The highest BCUT2D eigenvalue weighted by Gasteiger charge is 2.59. The average molecular weight is 651 g/mol. The van der Waals surface area contributed by atoms with Gasteiger partial charge in [0.15, 0.2) is 0 Å². The van der Waals surface area contributed by atoms with Gasteiger partial charge in [0.05, 0.1) is 0 Å². The van der Waals surface area contributed by atoms with Crippen molar-refractivity contribution in [2.45, 2.75) is 195 Å². The molecule has 0 aromatic heterocycles. The first kappa shape index (κ1) is 38.5. The molecule has 0 amide bonds. The topological polar surface area (TPSA) is 26.3 Å². The van der Waals surface area contributed by atoms with Crippen LogP contribution in [0.3, 0.4) is 0 Å². The van der Waals surface area contributed by atoms with Crippen molar-refractivity contribution in [1.29, 1.82) is 0 Å². The van der Waals surface area contributed by atoms with Gasteiger partial charge in [-0.05, 0) is 130 Å². The Bertz CT molecular complexity index is 1020. The van der Waals surface area contributed by atoms with Gasteiger partial charge in [-0.3, -0.25) is 4.79 Å². The van der Waals surface area contributed by atoms with Gasteiger partial charge in [-0.25, -0.2) is 0 Å². The average Bonchev–Trinajstić information content (AvgIpc) is 3.40. The maximum absolute atomic E-state index is 12.8. The van der Waals surface area contributed by atoms with Crippen LogP contribution in [0.4, 0.5) is 0 Å². The molecule has 4 aliphatic rings. The second kappa shape index (κ2) is 19.2. The zero-order chi connectivity index (χ0) is 33.7. The summed E-state index contributed by atoms with van der Waals surface area (Å²) in [4.78, 5) is 12.8. The molecule has 0 spiro atoms. The highest BCUT2D eigenvalue weighted by atomic mass is 16.7. The molecule has 3 saturated carbocycles. The number of ether oxygens (including phenoxy) is 1. The Morgan fingerprint density at radius 2 is 1.55 bits per heavy atom. The lowest BCUT2D eigenvalue weighted by Gasteiger charge is -2.58. The van der Waals surface area contributed by atoms with Crippen LogP contribution in [-0.2, 0) is 9.53 Å². The normalized spacial score (nSPS) is 32.7. The Balaban J connectivity index is 1.13. The van der Waals surface area contributed by atoms with Crippen molar-refractivity contribution in [3.63, 3.8) is 0 Å². The van der Waals surface area contributed by atoms with Gasteiger partial charge < -0.3 is 4.74 Å². The van der Waals surface area contributed by atoms with Gasteiger partial charge in [-0.2, -0.15) is 0 Å². The number of rotatable bonds is 20. The number of hydrogen-bond acceptors (Lipinski definition) is 2. The third-order valence-electron chi connectivity index (χ3n) is 13.9. The summed E-state index contributed by atoms with van der Waals surface area (Å²) in [5.74, 6) is 5.30. The van der Waals surface area contributed by atoms with Gasteiger partial charge >= 0.3 is 5.97 Å². The zero-order valence-electron chi connectivity index (χ0n) is 32.0. The molecule has 0 aromatic rings. The van der Waals surface area contributed by atoms with Crippen molar-refractivity contribution < 1.29 is 9.53 Å². The predicted molar refractivity (Wildman–Crippen MR) is 202 cm³/mol. The highest BCUT2D eigenvalue weighted by Crippen LogP contribution is 2.67. The van der Waals surface area contributed by atoms with Gasteiger partial charge in [-0.1, -0.05) is 129 Å². The Morgan fingerprint density at radius 1 is 0.830 bits per heavy atom. The maximum atomic E-state index is 12.8. The molecule has 2 nitrogen and oxygen atoms in total. The first-order valence-electron chi connectivity index (χ1n) is 20.9. The number of esters is 1. The fourth-order valence-corrected chi connectivity index (χ4v) is 11.1. The minimum atomic E-state index is 0.0477. The number of carbonyl (C=O) groups is 1. The largest absolute Gasteiger partial charge is 0.462 e. The summed E-state index contributed by atoms with van der Waals surface area (Å²) < 4.78 is 6.12. The number of carbonyl (C=O) groups excluding carboxylic acids is 1. The SMILES string of the molecule is CCCCC/C=C\C/C=C\CCCCCCC[13C](=O)O[13C@H]1CC[C@@]2(C)C(=CC[C@H]3[C@@H]4CC[C@H]([C@H](C)CCCC(C)C)[C@@]4(C)CC[C@@H]32)C1. The van der Waals surface area contributed by atoms with Gasteiger partial charge in [0, 0.05) is 12.8 Å². The van der Waals surface area contributed by atoms with Gasteiger partial charge in [0.25, 0.3) is 0 Å². The molecule has 0 radical (unpaired) electrons. The summed E-state index contributed by atoms with van der Waals surface area (Å²) in [5.41, 5.74) is 2.52. The minimum absolute atomic E-state index is 0.0477. The van der Waals surface area contributed by atoms with E-state index in [1.165, 1.54) is 109 Å². The number of allylic oxidation sites excluding steroid dienone is 5. The van der Waals surface area contributed by atoms with E-state index < -0.39 is 0 Å². The third kappa shape index (κ3) is 10.6. The minimum Gasteiger partial charge on any atom is -0.462 e. The van der Waals surface area contributed by atoms with Gasteiger partial charge in [0.1, 0.15) is 6.10 Å². The van der Waals surface area contributed by atoms with Crippen LogP contribution in [0.5, 0.6) is 0 Å². The molecule has 4 rings (SSSR count). The molecule has 0 N–H and O–H groups in total. The van der Waals surface area contributed by atoms with E-state index in [9.17, 15) is 4.79 Å². The van der Waals surface area contributed by atoms with Crippen LogP contribution in [-0.4, -0.2) is 12.1 Å². The lowest BCUT2D eigenvalue weighted by molar-refractivity contribution is -0.151. The molecule has 2 heteroatoms. The quantitative estimate of drug-likeness (QED) is 0.0567. The zero-order valence-corrected chi connectivity index (χ0v) is 32.0. The summed E-state index contributed by atoms with van der Waals surface area (Å²) in [6, 6.07) is 0. The van der Waals surface area contributed by atoms with Crippen LogP contribution in [0.25, 0.3) is 0 Å². The Kier molecular flexibility index (Phi) is 15.7. The molecule has 3 fully saturated rings. The summed E-state index contributed by atoms with van der Waals surface area (Å²) in [7, 11) is 0. The van der Waals surface area contributed by atoms with E-state index >= 15 is 0 Å². The van der Waals surface area contributed by atoms with Crippen molar-refractivity contribution in [3.05, 3.63) is 36.0 Å². The van der Waals surface area contributed by atoms with Crippen LogP contribution >= 0.6 is 0 Å². The molecule has 47 heavy (non-hydrogen) atoms. The molecule has 0 aromatic carbocycles. The summed E-state index contributed by atoms with van der Waals surface area (Å²) in [6.07, 6.45) is 40.5. The molecule has 0 aliphatic heterocycles. The molecule has 0 unspecified atom stereocenters. The number of fused-ring (bicyclic) bond motifs is 5. The van der Waals surface area contributed by atoms with Crippen molar-refractivity contribution >= 4 is 5.97 Å². The predicted octanol–water partition coefficient (Wildman–Crippen LogP) is 13.8. The second-order valence-electron chi connectivity index (χ2n) is 17.6. The first-order chi connectivity index (χ1) is 22.7. The monoisotopic (exact) mass is 651 g/mol. The van der Waals surface area contributed by atoms with Crippen molar-refractivity contribution in [2.24, 2.45) is 46.3 Å². The Hall–Kier alpha value is -1.31. The molecular weight excluding hydrogens is 574 g/mol. The third-order valence-corrected chi connectivity index (χ3v) is 13.9. The fourth-order valence-electron chi connectivity index (χ4n) is 11.1. The smallest absolute Gasteiger partial charge is 0.306 e. The Morgan fingerprint density at radius 3 is 2.30 bits per heavy atom. The molecule has 8 atom stereocenters. The van der Waals surface area contributed by atoms with E-state index in [1.54, 1.807) is 5.57 Å². The van der Waals surface area contributed by atoms with E-state index in [2.05, 4.69) is 71.9 Å². The fraction of sp³-hybridized carbons (Fsp3) is 0.844. The molecule has 0 bridgehead atoms. The number of hydrogen-bond donors (Lipinski definition) is 0. The Labute approximate surface area is 292 Å². The van der Waals surface area contributed by atoms with Gasteiger partial charge in [-0.15, -0.1) is 0 Å².